The highest BCUT2D eigenvalue weighted by Crippen LogP contribution is 2.38. The van der Waals surface area contributed by atoms with Crippen LogP contribution in [0.15, 0.2) is 16.7 Å². The highest BCUT2D eigenvalue weighted by Gasteiger charge is 2.45. The molecule has 4 N–H and O–H groups in total. The number of hydrogen-bond donors (Lipinski definition) is 3. The molecule has 0 atom stereocenters. The van der Waals surface area contributed by atoms with Crippen LogP contribution < -0.4 is 11.1 Å². The van der Waals surface area contributed by atoms with Crippen LogP contribution in [0, 0.1) is 5.41 Å². The number of thiazole rings is 1. The van der Waals surface area contributed by atoms with E-state index in [1.165, 1.54) is 11.3 Å². The van der Waals surface area contributed by atoms with E-state index in [0.29, 0.717) is 19.4 Å². The predicted molar refractivity (Wildman–Crippen MR) is 68.3 cm³/mol. The Morgan fingerprint density at radius 3 is 2.89 bits per heavy atom. The van der Waals surface area contributed by atoms with Crippen molar-refractivity contribution < 1.29 is 10.0 Å². The Morgan fingerprint density at radius 1 is 1.61 bits per heavy atom. The second-order valence-corrected chi connectivity index (χ2v) is 5.36. The summed E-state index contributed by atoms with van der Waals surface area (Å²) >= 11 is 1.48. The van der Waals surface area contributed by atoms with Crippen LogP contribution in [0.25, 0.3) is 0 Å². The SMILES string of the molecule is N/C(=N/O)C1(C(=O)NCc2nccs2)CCCC1. The van der Waals surface area contributed by atoms with Gasteiger partial charge in [0.15, 0.2) is 5.84 Å². The third-order valence-electron chi connectivity index (χ3n) is 3.37. The molecular formula is C11H16N4O2S. The van der Waals surface area contributed by atoms with E-state index < -0.39 is 5.41 Å². The van der Waals surface area contributed by atoms with Gasteiger partial charge in [-0.1, -0.05) is 18.0 Å². The molecule has 1 aromatic rings. The molecule has 2 rings (SSSR count). The number of amides is 1. The molecule has 1 aliphatic rings. The highest BCUT2D eigenvalue weighted by molar-refractivity contribution is 7.09. The summed E-state index contributed by atoms with van der Waals surface area (Å²) in [6, 6.07) is 0. The standard InChI is InChI=1S/C11H16N4O2S/c12-9(15-17)11(3-1-2-4-11)10(16)14-7-8-13-5-6-18-8/h5-6,17H,1-4,7H2,(H2,12,15)(H,14,16). The average Bonchev–Trinajstić information content (AvgIpc) is 3.06. The predicted octanol–water partition coefficient (Wildman–Crippen LogP) is 1.07. The minimum absolute atomic E-state index is 0.0108. The Bertz CT molecular complexity index is 438. The second kappa shape index (κ2) is 5.34. The molecule has 0 saturated heterocycles. The van der Waals surface area contributed by atoms with Gasteiger partial charge in [0.2, 0.25) is 5.91 Å². The lowest BCUT2D eigenvalue weighted by atomic mass is 9.84. The van der Waals surface area contributed by atoms with Gasteiger partial charge in [-0.15, -0.1) is 11.3 Å². The monoisotopic (exact) mass is 268 g/mol. The maximum Gasteiger partial charge on any atom is 0.234 e. The summed E-state index contributed by atoms with van der Waals surface area (Å²) in [6.45, 7) is 0.386. The van der Waals surface area contributed by atoms with Crippen molar-refractivity contribution in [3.8, 4) is 0 Å². The number of nitrogens with zero attached hydrogens (tertiary/aromatic N) is 2. The minimum atomic E-state index is -0.841. The van der Waals surface area contributed by atoms with Crippen molar-refractivity contribution in [2.75, 3.05) is 0 Å². The number of hydrogen-bond acceptors (Lipinski definition) is 5. The van der Waals surface area contributed by atoms with Crippen LogP contribution in [0.5, 0.6) is 0 Å². The third kappa shape index (κ3) is 2.31. The second-order valence-electron chi connectivity index (χ2n) is 4.38. The number of carbonyl (C=O) groups excluding carboxylic acids is 1. The quantitative estimate of drug-likeness (QED) is 0.329. The molecule has 1 heterocycles. The maximum absolute atomic E-state index is 12.3. The van der Waals surface area contributed by atoms with Crippen LogP contribution in [0.2, 0.25) is 0 Å². The largest absolute Gasteiger partial charge is 0.409 e. The first kappa shape index (κ1) is 12.8. The maximum atomic E-state index is 12.3. The third-order valence-corrected chi connectivity index (χ3v) is 4.15. The van der Waals surface area contributed by atoms with Gasteiger partial charge in [-0.2, -0.15) is 0 Å². The van der Waals surface area contributed by atoms with Crippen LogP contribution in [-0.2, 0) is 11.3 Å². The Balaban J connectivity index is 2.05. The van der Waals surface area contributed by atoms with Gasteiger partial charge in [-0.05, 0) is 12.8 Å². The molecule has 0 unspecified atom stereocenters. The summed E-state index contributed by atoms with van der Waals surface area (Å²) in [5.74, 6) is -0.165. The molecule has 1 amide bonds. The molecule has 0 spiro atoms. The summed E-state index contributed by atoms with van der Waals surface area (Å²) in [4.78, 5) is 16.4. The molecule has 0 radical (unpaired) electrons. The van der Waals surface area contributed by atoms with Crippen molar-refractivity contribution in [3.63, 3.8) is 0 Å². The van der Waals surface area contributed by atoms with Crippen molar-refractivity contribution >= 4 is 23.1 Å². The number of amidine groups is 1. The Morgan fingerprint density at radius 2 is 2.33 bits per heavy atom. The van der Waals surface area contributed by atoms with Gasteiger partial charge in [0.05, 0.1) is 6.54 Å². The van der Waals surface area contributed by atoms with Crippen LogP contribution in [0.3, 0.4) is 0 Å². The van der Waals surface area contributed by atoms with E-state index in [9.17, 15) is 4.79 Å². The number of oxime groups is 1. The van der Waals surface area contributed by atoms with Crippen molar-refractivity contribution in [3.05, 3.63) is 16.6 Å². The van der Waals surface area contributed by atoms with Crippen molar-refractivity contribution in [1.29, 1.82) is 0 Å². The topological polar surface area (TPSA) is 101 Å². The molecule has 0 bridgehead atoms. The van der Waals surface area contributed by atoms with Crippen molar-refractivity contribution in [1.82, 2.24) is 10.3 Å². The van der Waals surface area contributed by atoms with Gasteiger partial charge < -0.3 is 16.3 Å². The summed E-state index contributed by atoms with van der Waals surface area (Å²) in [5.41, 5.74) is 4.85. The molecule has 6 nitrogen and oxygen atoms in total. The zero-order valence-corrected chi connectivity index (χ0v) is 10.7. The number of rotatable bonds is 4. The van der Waals surface area contributed by atoms with E-state index >= 15 is 0 Å². The van der Waals surface area contributed by atoms with Gasteiger partial charge in [-0.25, -0.2) is 4.98 Å². The number of nitrogens with one attached hydrogen (secondary N) is 1. The van der Waals surface area contributed by atoms with Gasteiger partial charge in [0, 0.05) is 11.6 Å². The molecular weight excluding hydrogens is 252 g/mol. The summed E-state index contributed by atoms with van der Waals surface area (Å²) in [7, 11) is 0. The number of aromatic nitrogens is 1. The smallest absolute Gasteiger partial charge is 0.234 e. The fraction of sp³-hybridized carbons (Fsp3) is 0.545. The van der Waals surface area contributed by atoms with Gasteiger partial charge in [0.1, 0.15) is 10.4 Å². The number of nitrogens with two attached hydrogens (primary N) is 1. The lowest BCUT2D eigenvalue weighted by Gasteiger charge is -2.25. The molecule has 1 aliphatic carbocycles. The Kier molecular flexibility index (Phi) is 3.81. The van der Waals surface area contributed by atoms with Gasteiger partial charge >= 0.3 is 0 Å². The van der Waals surface area contributed by atoms with Crippen LogP contribution in [-0.4, -0.2) is 21.9 Å². The Hall–Kier alpha value is -1.63. The van der Waals surface area contributed by atoms with Crippen molar-refractivity contribution in [2.45, 2.75) is 32.2 Å². The molecule has 1 aromatic heterocycles. The van der Waals surface area contributed by atoms with E-state index in [2.05, 4.69) is 15.5 Å². The van der Waals surface area contributed by atoms with Crippen molar-refractivity contribution in [2.24, 2.45) is 16.3 Å². The zero-order chi connectivity index (χ0) is 13.0. The first-order chi connectivity index (χ1) is 8.69. The fourth-order valence-electron chi connectivity index (χ4n) is 2.34. The lowest BCUT2D eigenvalue weighted by Crippen LogP contribution is -2.48. The molecule has 1 saturated carbocycles. The van der Waals surface area contributed by atoms with E-state index in [0.717, 1.165) is 17.8 Å². The normalized spacial score (nSPS) is 18.8. The molecule has 7 heteroatoms. The first-order valence-corrected chi connectivity index (χ1v) is 6.72. The van der Waals surface area contributed by atoms with Crippen LogP contribution in [0.1, 0.15) is 30.7 Å². The van der Waals surface area contributed by atoms with E-state index in [-0.39, 0.29) is 11.7 Å². The van der Waals surface area contributed by atoms with Gasteiger partial charge in [0.25, 0.3) is 0 Å². The number of carbonyl (C=O) groups is 1. The molecule has 1 fully saturated rings. The molecule has 0 aliphatic heterocycles. The summed E-state index contributed by atoms with van der Waals surface area (Å²) in [5, 5.41) is 17.4. The minimum Gasteiger partial charge on any atom is -0.409 e. The lowest BCUT2D eigenvalue weighted by molar-refractivity contribution is -0.127. The average molecular weight is 268 g/mol. The summed E-state index contributed by atoms with van der Waals surface area (Å²) < 4.78 is 0. The van der Waals surface area contributed by atoms with Gasteiger partial charge in [-0.3, -0.25) is 4.79 Å². The summed E-state index contributed by atoms with van der Waals surface area (Å²) in [6.07, 6.45) is 4.79. The fourth-order valence-corrected chi connectivity index (χ4v) is 2.90. The van der Waals surface area contributed by atoms with Crippen LogP contribution in [0.4, 0.5) is 0 Å². The molecule has 98 valence electrons. The van der Waals surface area contributed by atoms with E-state index in [4.69, 9.17) is 10.9 Å². The van der Waals surface area contributed by atoms with E-state index in [1.54, 1.807) is 6.20 Å². The highest BCUT2D eigenvalue weighted by atomic mass is 32.1. The van der Waals surface area contributed by atoms with E-state index in [1.807, 2.05) is 5.38 Å². The first-order valence-electron chi connectivity index (χ1n) is 5.84. The molecule has 18 heavy (non-hydrogen) atoms. The molecule has 0 aromatic carbocycles. The zero-order valence-electron chi connectivity index (χ0n) is 9.93. The van der Waals surface area contributed by atoms with Crippen LogP contribution >= 0.6 is 11.3 Å². The Labute approximate surface area is 109 Å².